The van der Waals surface area contributed by atoms with Crippen molar-refractivity contribution >= 4 is 21.4 Å². The first-order chi connectivity index (χ1) is 11.1. The molecule has 0 aliphatic heterocycles. The summed E-state index contributed by atoms with van der Waals surface area (Å²) in [7, 11) is -3.46. The minimum atomic E-state index is -3.46. The van der Waals surface area contributed by atoms with E-state index in [9.17, 15) is 8.42 Å². The third-order valence-electron chi connectivity index (χ3n) is 4.63. The predicted octanol–water partition coefficient (Wildman–Crippen LogP) is 3.29. The van der Waals surface area contributed by atoms with E-state index in [1.807, 2.05) is 0 Å². The molecule has 0 spiro atoms. The van der Waals surface area contributed by atoms with Crippen molar-refractivity contribution in [2.75, 3.05) is 0 Å². The monoisotopic (exact) mass is 353 g/mol. The molecular formula is C15H19N3O3S2. The number of aromatic nitrogens is 2. The molecule has 2 aromatic heterocycles. The highest BCUT2D eigenvalue weighted by Crippen LogP contribution is 2.37. The molecule has 2 aromatic rings. The van der Waals surface area contributed by atoms with Crippen LogP contribution < -0.4 is 4.72 Å². The van der Waals surface area contributed by atoms with E-state index in [0.717, 1.165) is 38.5 Å². The average molecular weight is 353 g/mol. The van der Waals surface area contributed by atoms with Gasteiger partial charge in [0.15, 0.2) is 0 Å². The molecule has 8 heteroatoms. The zero-order chi connectivity index (χ0) is 15.9. The van der Waals surface area contributed by atoms with Gasteiger partial charge in [-0.05, 0) is 37.8 Å². The standard InChI is InChI=1S/C15H19N3O3S2/c19-23(20,18-11-6-1-2-7-11)13-9-8-12(22-13)15-17-16-14(21-15)10-4-3-5-10/h8-11,18H,1-7H2. The van der Waals surface area contributed by atoms with E-state index in [-0.39, 0.29) is 6.04 Å². The maximum atomic E-state index is 12.4. The Labute approximate surface area is 139 Å². The third-order valence-corrected chi connectivity index (χ3v) is 7.71. The molecule has 0 bridgehead atoms. The Bertz CT molecular complexity index is 787. The maximum Gasteiger partial charge on any atom is 0.257 e. The number of hydrogen-bond acceptors (Lipinski definition) is 6. The van der Waals surface area contributed by atoms with Crippen molar-refractivity contribution in [3.8, 4) is 10.8 Å². The summed E-state index contributed by atoms with van der Waals surface area (Å²) in [5.41, 5.74) is 0. The van der Waals surface area contributed by atoms with Crippen molar-refractivity contribution in [1.82, 2.24) is 14.9 Å². The molecule has 0 atom stereocenters. The van der Waals surface area contributed by atoms with Crippen molar-refractivity contribution in [2.45, 2.75) is 61.1 Å². The number of nitrogens with zero attached hydrogens (tertiary/aromatic N) is 2. The van der Waals surface area contributed by atoms with Gasteiger partial charge in [0.25, 0.3) is 5.89 Å². The molecular weight excluding hydrogens is 334 g/mol. The van der Waals surface area contributed by atoms with Crippen LogP contribution in [0.15, 0.2) is 20.8 Å². The lowest BCUT2D eigenvalue weighted by Gasteiger charge is -2.20. The molecule has 2 aliphatic carbocycles. The molecule has 6 nitrogen and oxygen atoms in total. The van der Waals surface area contributed by atoms with Crippen LogP contribution in [-0.4, -0.2) is 24.7 Å². The van der Waals surface area contributed by atoms with Crippen molar-refractivity contribution in [2.24, 2.45) is 0 Å². The van der Waals surface area contributed by atoms with Crippen molar-refractivity contribution < 1.29 is 12.8 Å². The molecule has 2 fully saturated rings. The molecule has 124 valence electrons. The van der Waals surface area contributed by atoms with Gasteiger partial charge in [0.2, 0.25) is 15.9 Å². The van der Waals surface area contributed by atoms with Crippen LogP contribution in [0.3, 0.4) is 0 Å². The third kappa shape index (κ3) is 3.07. The zero-order valence-corrected chi connectivity index (χ0v) is 14.3. The highest BCUT2D eigenvalue weighted by Gasteiger charge is 2.27. The van der Waals surface area contributed by atoms with Crippen LogP contribution >= 0.6 is 11.3 Å². The average Bonchev–Trinajstić information content (AvgIpc) is 3.16. The molecule has 0 radical (unpaired) electrons. The number of hydrogen-bond donors (Lipinski definition) is 1. The zero-order valence-electron chi connectivity index (χ0n) is 12.7. The second-order valence-corrected chi connectivity index (χ2v) is 9.32. The van der Waals surface area contributed by atoms with Gasteiger partial charge in [0.05, 0.1) is 4.88 Å². The van der Waals surface area contributed by atoms with Gasteiger partial charge in [-0.2, -0.15) is 0 Å². The van der Waals surface area contributed by atoms with Crippen LogP contribution in [0.25, 0.3) is 10.8 Å². The molecule has 0 saturated heterocycles. The minimum absolute atomic E-state index is 0.0687. The lowest BCUT2D eigenvalue weighted by Crippen LogP contribution is -2.32. The van der Waals surface area contributed by atoms with Gasteiger partial charge in [0, 0.05) is 12.0 Å². The van der Waals surface area contributed by atoms with Crippen LogP contribution in [0.5, 0.6) is 0 Å². The largest absolute Gasteiger partial charge is 0.420 e. The molecule has 4 rings (SSSR count). The van der Waals surface area contributed by atoms with E-state index in [2.05, 4.69) is 14.9 Å². The minimum Gasteiger partial charge on any atom is -0.420 e. The van der Waals surface area contributed by atoms with Crippen molar-refractivity contribution in [1.29, 1.82) is 0 Å². The first kappa shape index (κ1) is 15.3. The predicted molar refractivity (Wildman–Crippen MR) is 86.8 cm³/mol. The molecule has 2 heterocycles. The Hall–Kier alpha value is -1.25. The Morgan fingerprint density at radius 3 is 2.57 bits per heavy atom. The Morgan fingerprint density at radius 2 is 1.87 bits per heavy atom. The van der Waals surface area contributed by atoms with Gasteiger partial charge in [-0.3, -0.25) is 0 Å². The number of thiophene rings is 1. The fraction of sp³-hybridized carbons (Fsp3) is 0.600. The van der Waals surface area contributed by atoms with Gasteiger partial charge >= 0.3 is 0 Å². The summed E-state index contributed by atoms with van der Waals surface area (Å²) in [6.07, 6.45) is 7.42. The van der Waals surface area contributed by atoms with Crippen molar-refractivity contribution in [3.63, 3.8) is 0 Å². The molecule has 23 heavy (non-hydrogen) atoms. The molecule has 0 amide bonds. The topological polar surface area (TPSA) is 85.1 Å². The van der Waals surface area contributed by atoms with E-state index in [1.165, 1.54) is 17.8 Å². The summed E-state index contributed by atoms with van der Waals surface area (Å²) in [5.74, 6) is 1.47. The first-order valence-corrected chi connectivity index (χ1v) is 10.4. The van der Waals surface area contributed by atoms with Gasteiger partial charge in [-0.25, -0.2) is 13.1 Å². The lowest BCUT2D eigenvalue weighted by atomic mass is 9.85. The highest BCUT2D eigenvalue weighted by atomic mass is 32.2. The van der Waals surface area contributed by atoms with E-state index < -0.39 is 10.0 Å². The molecule has 0 unspecified atom stereocenters. The van der Waals surface area contributed by atoms with Crippen LogP contribution in [-0.2, 0) is 10.0 Å². The normalized spacial score (nSPS) is 20.0. The fourth-order valence-corrected chi connectivity index (χ4v) is 5.60. The van der Waals surface area contributed by atoms with Gasteiger partial charge < -0.3 is 4.42 Å². The van der Waals surface area contributed by atoms with E-state index >= 15 is 0 Å². The molecule has 2 saturated carbocycles. The van der Waals surface area contributed by atoms with E-state index in [1.54, 1.807) is 12.1 Å². The Kier molecular flexibility index (Phi) is 3.98. The quantitative estimate of drug-likeness (QED) is 0.891. The van der Waals surface area contributed by atoms with Gasteiger partial charge in [-0.15, -0.1) is 21.5 Å². The summed E-state index contributed by atoms with van der Waals surface area (Å²) in [6, 6.07) is 3.43. The van der Waals surface area contributed by atoms with Gasteiger partial charge in [-0.1, -0.05) is 19.3 Å². The van der Waals surface area contributed by atoms with Gasteiger partial charge in [0.1, 0.15) is 4.21 Å². The van der Waals surface area contributed by atoms with Crippen molar-refractivity contribution in [3.05, 3.63) is 18.0 Å². The number of sulfonamides is 1. The van der Waals surface area contributed by atoms with Crippen LogP contribution in [0.1, 0.15) is 56.8 Å². The number of nitrogens with one attached hydrogen (secondary N) is 1. The molecule has 1 N–H and O–H groups in total. The summed E-state index contributed by atoms with van der Waals surface area (Å²) >= 11 is 1.18. The smallest absolute Gasteiger partial charge is 0.257 e. The SMILES string of the molecule is O=S(=O)(NC1CCCC1)c1ccc(-c2nnc(C3CCC3)o2)s1. The second kappa shape index (κ2) is 5.99. The van der Waals surface area contributed by atoms with E-state index in [4.69, 9.17) is 4.42 Å². The fourth-order valence-electron chi connectivity index (χ4n) is 3.05. The van der Waals surface area contributed by atoms with Crippen LogP contribution in [0.4, 0.5) is 0 Å². The van der Waals surface area contributed by atoms with Crippen LogP contribution in [0.2, 0.25) is 0 Å². The number of rotatable bonds is 5. The van der Waals surface area contributed by atoms with Crippen LogP contribution in [0, 0.1) is 0 Å². The second-order valence-electron chi connectivity index (χ2n) is 6.29. The molecule has 2 aliphatic rings. The summed E-state index contributed by atoms with van der Waals surface area (Å²) in [4.78, 5) is 0.704. The highest BCUT2D eigenvalue weighted by molar-refractivity contribution is 7.91. The van der Waals surface area contributed by atoms with E-state index in [0.29, 0.717) is 26.8 Å². The first-order valence-electron chi connectivity index (χ1n) is 8.08. The summed E-state index contributed by atoms with van der Waals surface area (Å²) < 4.78 is 33.7. The summed E-state index contributed by atoms with van der Waals surface area (Å²) in [5, 5.41) is 8.16. The maximum absolute atomic E-state index is 12.4. The summed E-state index contributed by atoms with van der Waals surface area (Å²) in [6.45, 7) is 0. The molecule has 0 aromatic carbocycles. The Balaban J connectivity index is 1.52. The Morgan fingerprint density at radius 1 is 1.09 bits per heavy atom. The lowest BCUT2D eigenvalue weighted by molar-refractivity contribution is 0.338.